The number of nitrogens with zero attached hydrogens (tertiary/aromatic N) is 2. The van der Waals surface area contributed by atoms with Crippen LogP contribution in [-0.4, -0.2) is 61.1 Å². The molecule has 2 saturated heterocycles. The summed E-state index contributed by atoms with van der Waals surface area (Å²) >= 11 is 0. The summed E-state index contributed by atoms with van der Waals surface area (Å²) in [5.74, 6) is 0.764. The molecule has 4 heteroatoms. The standard InChI is InChI=1S/C16H30N2O2/c1-3-17(4-2)16(19)13-20-12-14-8-7-11-18-10-6-5-9-15(14)18/h14-15H,3-13H2,1-2H3/t14-,15+/m0/s1. The van der Waals surface area contributed by atoms with Gasteiger partial charge >= 0.3 is 0 Å². The third kappa shape index (κ3) is 3.95. The van der Waals surface area contributed by atoms with Gasteiger partial charge in [0.05, 0.1) is 6.61 Å². The van der Waals surface area contributed by atoms with Crippen LogP contribution < -0.4 is 0 Å². The molecule has 0 spiro atoms. The van der Waals surface area contributed by atoms with Crippen LogP contribution in [0.4, 0.5) is 0 Å². The lowest BCUT2D eigenvalue weighted by Crippen LogP contribution is -2.49. The van der Waals surface area contributed by atoms with Gasteiger partial charge in [-0.2, -0.15) is 0 Å². The number of amides is 1. The average molecular weight is 282 g/mol. The van der Waals surface area contributed by atoms with Crippen molar-refractivity contribution in [1.29, 1.82) is 0 Å². The molecule has 0 aromatic carbocycles. The van der Waals surface area contributed by atoms with E-state index in [4.69, 9.17) is 4.74 Å². The smallest absolute Gasteiger partial charge is 0.248 e. The first kappa shape index (κ1) is 15.8. The van der Waals surface area contributed by atoms with Crippen molar-refractivity contribution in [3.63, 3.8) is 0 Å². The van der Waals surface area contributed by atoms with E-state index in [-0.39, 0.29) is 12.5 Å². The second-order valence-corrected chi connectivity index (χ2v) is 6.08. The Bertz CT molecular complexity index is 303. The number of ether oxygens (including phenoxy) is 1. The fourth-order valence-electron chi connectivity index (χ4n) is 3.74. The maximum absolute atomic E-state index is 11.9. The molecule has 4 nitrogen and oxygen atoms in total. The van der Waals surface area contributed by atoms with Gasteiger partial charge in [-0.1, -0.05) is 6.42 Å². The summed E-state index contributed by atoms with van der Waals surface area (Å²) in [5.41, 5.74) is 0. The highest BCUT2D eigenvalue weighted by molar-refractivity contribution is 5.77. The van der Waals surface area contributed by atoms with E-state index in [1.807, 2.05) is 18.7 Å². The predicted octanol–water partition coefficient (Wildman–Crippen LogP) is 2.14. The van der Waals surface area contributed by atoms with E-state index in [2.05, 4.69) is 4.90 Å². The van der Waals surface area contributed by atoms with Gasteiger partial charge in [0.25, 0.3) is 0 Å². The minimum atomic E-state index is 0.131. The van der Waals surface area contributed by atoms with Gasteiger partial charge in [-0.25, -0.2) is 0 Å². The fraction of sp³-hybridized carbons (Fsp3) is 0.938. The summed E-state index contributed by atoms with van der Waals surface area (Å²) in [4.78, 5) is 16.4. The van der Waals surface area contributed by atoms with Crippen molar-refractivity contribution in [3.8, 4) is 0 Å². The summed E-state index contributed by atoms with van der Waals surface area (Å²) in [5, 5.41) is 0. The van der Waals surface area contributed by atoms with Gasteiger partial charge in [0.1, 0.15) is 6.61 Å². The molecule has 2 fully saturated rings. The lowest BCUT2D eigenvalue weighted by atomic mass is 9.84. The minimum Gasteiger partial charge on any atom is -0.371 e. The summed E-state index contributed by atoms with van der Waals surface area (Å²) in [6.07, 6.45) is 6.58. The Morgan fingerprint density at radius 1 is 1.15 bits per heavy atom. The molecule has 0 N–H and O–H groups in total. The fourth-order valence-corrected chi connectivity index (χ4v) is 3.74. The van der Waals surface area contributed by atoms with Crippen LogP contribution in [0.15, 0.2) is 0 Å². The molecule has 1 amide bonds. The number of carbonyl (C=O) groups excluding carboxylic acids is 1. The molecule has 2 aliphatic rings. The molecule has 0 saturated carbocycles. The van der Waals surface area contributed by atoms with Crippen molar-refractivity contribution in [2.45, 2.75) is 52.0 Å². The van der Waals surface area contributed by atoms with E-state index in [1.165, 1.54) is 45.2 Å². The van der Waals surface area contributed by atoms with Crippen molar-refractivity contribution in [2.24, 2.45) is 5.92 Å². The molecular weight excluding hydrogens is 252 g/mol. The predicted molar refractivity (Wildman–Crippen MR) is 80.7 cm³/mol. The highest BCUT2D eigenvalue weighted by Crippen LogP contribution is 2.30. The van der Waals surface area contributed by atoms with E-state index < -0.39 is 0 Å². The quantitative estimate of drug-likeness (QED) is 0.748. The van der Waals surface area contributed by atoms with Crippen LogP contribution in [0.5, 0.6) is 0 Å². The third-order valence-electron chi connectivity index (χ3n) is 4.90. The largest absolute Gasteiger partial charge is 0.371 e. The van der Waals surface area contributed by atoms with Crippen molar-refractivity contribution < 1.29 is 9.53 Å². The Labute approximate surface area is 123 Å². The second-order valence-electron chi connectivity index (χ2n) is 6.08. The molecule has 2 aliphatic heterocycles. The van der Waals surface area contributed by atoms with E-state index in [0.29, 0.717) is 12.0 Å². The molecule has 0 bridgehead atoms. The average Bonchev–Trinajstić information content (AvgIpc) is 2.49. The Balaban J connectivity index is 1.74. The highest BCUT2D eigenvalue weighted by atomic mass is 16.5. The molecule has 0 aromatic heterocycles. The van der Waals surface area contributed by atoms with Crippen LogP contribution in [0.25, 0.3) is 0 Å². The van der Waals surface area contributed by atoms with Crippen LogP contribution in [-0.2, 0) is 9.53 Å². The summed E-state index contributed by atoms with van der Waals surface area (Å²) in [7, 11) is 0. The number of hydrogen-bond acceptors (Lipinski definition) is 3. The SMILES string of the molecule is CCN(CC)C(=O)COC[C@@H]1CCCN2CCCC[C@H]12. The zero-order valence-electron chi connectivity index (χ0n) is 13.1. The lowest BCUT2D eigenvalue weighted by molar-refractivity contribution is -0.136. The van der Waals surface area contributed by atoms with Crippen LogP contribution >= 0.6 is 0 Å². The Morgan fingerprint density at radius 3 is 2.65 bits per heavy atom. The number of likely N-dealkylation sites (N-methyl/N-ethyl adjacent to an activating group) is 1. The molecule has 2 atom stereocenters. The summed E-state index contributed by atoms with van der Waals surface area (Å²) in [6, 6.07) is 0.709. The molecule has 0 radical (unpaired) electrons. The van der Waals surface area contributed by atoms with Crippen molar-refractivity contribution in [3.05, 3.63) is 0 Å². The zero-order chi connectivity index (χ0) is 14.4. The zero-order valence-corrected chi connectivity index (χ0v) is 13.1. The third-order valence-corrected chi connectivity index (χ3v) is 4.90. The van der Waals surface area contributed by atoms with Crippen molar-refractivity contribution in [2.75, 3.05) is 39.4 Å². The van der Waals surface area contributed by atoms with Gasteiger partial charge < -0.3 is 14.5 Å². The number of piperidine rings is 2. The van der Waals surface area contributed by atoms with E-state index in [9.17, 15) is 4.79 Å². The molecule has 0 aromatic rings. The number of carbonyl (C=O) groups is 1. The first-order chi connectivity index (χ1) is 9.76. The first-order valence-corrected chi connectivity index (χ1v) is 8.35. The van der Waals surface area contributed by atoms with Crippen molar-refractivity contribution >= 4 is 5.91 Å². The molecular formula is C16H30N2O2. The summed E-state index contributed by atoms with van der Waals surface area (Å²) in [6.45, 7) is 9.13. The van der Waals surface area contributed by atoms with E-state index in [0.717, 1.165) is 19.7 Å². The van der Waals surface area contributed by atoms with Crippen LogP contribution in [0.3, 0.4) is 0 Å². The van der Waals surface area contributed by atoms with Crippen LogP contribution in [0.1, 0.15) is 46.0 Å². The molecule has 116 valence electrons. The topological polar surface area (TPSA) is 32.8 Å². The van der Waals surface area contributed by atoms with Gasteiger partial charge in [0.15, 0.2) is 0 Å². The minimum absolute atomic E-state index is 0.131. The Morgan fingerprint density at radius 2 is 1.90 bits per heavy atom. The molecule has 0 aliphatic carbocycles. The van der Waals surface area contributed by atoms with Gasteiger partial charge in [-0.15, -0.1) is 0 Å². The number of hydrogen-bond donors (Lipinski definition) is 0. The lowest BCUT2D eigenvalue weighted by Gasteiger charge is -2.44. The maximum atomic E-state index is 11.9. The second kappa shape index (κ2) is 7.99. The highest BCUT2D eigenvalue weighted by Gasteiger charge is 2.33. The molecule has 0 unspecified atom stereocenters. The first-order valence-electron chi connectivity index (χ1n) is 8.35. The van der Waals surface area contributed by atoms with Gasteiger partial charge in [-0.05, 0) is 58.5 Å². The van der Waals surface area contributed by atoms with Gasteiger partial charge in [0.2, 0.25) is 5.91 Å². The molecule has 2 heterocycles. The summed E-state index contributed by atoms with van der Waals surface area (Å²) < 4.78 is 5.75. The van der Waals surface area contributed by atoms with E-state index in [1.54, 1.807) is 0 Å². The van der Waals surface area contributed by atoms with Crippen LogP contribution in [0, 0.1) is 5.92 Å². The van der Waals surface area contributed by atoms with E-state index >= 15 is 0 Å². The Hall–Kier alpha value is -0.610. The maximum Gasteiger partial charge on any atom is 0.248 e. The van der Waals surface area contributed by atoms with Gasteiger partial charge in [-0.3, -0.25) is 4.79 Å². The molecule has 2 rings (SSSR count). The van der Waals surface area contributed by atoms with Gasteiger partial charge in [0, 0.05) is 19.1 Å². The number of fused-ring (bicyclic) bond motifs is 1. The van der Waals surface area contributed by atoms with Crippen LogP contribution in [0.2, 0.25) is 0 Å². The normalized spacial score (nSPS) is 27.1. The monoisotopic (exact) mass is 282 g/mol. The molecule has 20 heavy (non-hydrogen) atoms. The van der Waals surface area contributed by atoms with Crippen molar-refractivity contribution in [1.82, 2.24) is 9.80 Å². The Kier molecular flexibility index (Phi) is 6.30. The number of rotatable bonds is 6.